The van der Waals surface area contributed by atoms with Crippen LogP contribution in [0.3, 0.4) is 0 Å². The average molecular weight is 360 g/mol. The second-order valence-corrected chi connectivity index (χ2v) is 9.84. The van der Waals surface area contributed by atoms with Crippen molar-refractivity contribution in [3.63, 3.8) is 0 Å². The number of fused-ring (bicyclic) bond motifs is 5. The number of hydrogen-bond donors (Lipinski definition) is 1. The summed E-state index contributed by atoms with van der Waals surface area (Å²) in [6.45, 7) is 8.75. The fourth-order valence-electron chi connectivity index (χ4n) is 6.65. The van der Waals surface area contributed by atoms with E-state index in [9.17, 15) is 9.59 Å². The molecule has 4 nitrogen and oxygen atoms in total. The van der Waals surface area contributed by atoms with Gasteiger partial charge in [0, 0.05) is 29.7 Å². The standard InChI is InChI=1S/C22H33NO3/c1-13(2)26-18-8-7-17-16-6-5-14-11-15(24)9-10-21(14,3)20(16)23-19(25)12-22(17,18)4/h11,13,16-18,20H,5-10,12H2,1-4H3,(H,23,25)/t16-,17-,18-,20-,21-,22-/m0/s1. The Morgan fingerprint density at radius 3 is 2.65 bits per heavy atom. The van der Waals surface area contributed by atoms with Crippen LogP contribution in [0.1, 0.15) is 72.6 Å². The van der Waals surface area contributed by atoms with Gasteiger partial charge in [0.05, 0.1) is 12.2 Å². The molecule has 3 aliphatic carbocycles. The molecule has 1 heterocycles. The molecular weight excluding hydrogens is 326 g/mol. The van der Waals surface area contributed by atoms with Gasteiger partial charge in [-0.3, -0.25) is 9.59 Å². The molecule has 3 fully saturated rings. The maximum atomic E-state index is 12.9. The second-order valence-electron chi connectivity index (χ2n) is 9.84. The van der Waals surface area contributed by atoms with Gasteiger partial charge in [-0.05, 0) is 63.9 Å². The number of allylic oxidation sites excluding steroid dienone is 1. The number of nitrogens with one attached hydrogen (secondary N) is 1. The number of rotatable bonds is 2. The normalized spacial score (nSPS) is 45.3. The van der Waals surface area contributed by atoms with Gasteiger partial charge in [-0.15, -0.1) is 0 Å². The van der Waals surface area contributed by atoms with Crippen LogP contribution in [-0.4, -0.2) is 29.9 Å². The van der Waals surface area contributed by atoms with Crippen LogP contribution in [0, 0.1) is 22.7 Å². The Labute approximate surface area is 157 Å². The largest absolute Gasteiger partial charge is 0.375 e. The first-order valence-electron chi connectivity index (χ1n) is 10.4. The monoisotopic (exact) mass is 359 g/mol. The SMILES string of the molecule is CC(C)O[C@H]1CC[C@H]2[C@@H]3CCC4=CC(=O)CC[C@]4(C)[C@H]3NC(=O)C[C@]12C. The highest BCUT2D eigenvalue weighted by molar-refractivity contribution is 5.91. The van der Waals surface area contributed by atoms with Gasteiger partial charge in [0.2, 0.25) is 5.91 Å². The lowest BCUT2D eigenvalue weighted by Gasteiger charge is -2.51. The van der Waals surface area contributed by atoms with E-state index in [0.717, 1.165) is 32.1 Å². The maximum Gasteiger partial charge on any atom is 0.220 e. The van der Waals surface area contributed by atoms with Crippen molar-refractivity contribution in [2.24, 2.45) is 22.7 Å². The lowest BCUT2D eigenvalue weighted by molar-refractivity contribution is -0.127. The Balaban J connectivity index is 1.70. The van der Waals surface area contributed by atoms with E-state index < -0.39 is 0 Å². The molecule has 4 heteroatoms. The second kappa shape index (κ2) is 6.19. The predicted octanol–water partition coefficient (Wildman–Crippen LogP) is 3.79. The predicted molar refractivity (Wildman–Crippen MR) is 101 cm³/mol. The summed E-state index contributed by atoms with van der Waals surface area (Å²) in [6.07, 6.45) is 8.59. The first kappa shape index (κ1) is 18.2. The molecule has 4 rings (SSSR count). The Kier molecular flexibility index (Phi) is 4.33. The van der Waals surface area contributed by atoms with E-state index >= 15 is 0 Å². The van der Waals surface area contributed by atoms with Gasteiger partial charge in [0.25, 0.3) is 0 Å². The fraction of sp³-hybridized carbons (Fsp3) is 0.818. The third-order valence-corrected chi connectivity index (χ3v) is 7.95. The van der Waals surface area contributed by atoms with Crippen molar-refractivity contribution in [3.05, 3.63) is 11.6 Å². The molecule has 1 amide bonds. The fourth-order valence-corrected chi connectivity index (χ4v) is 6.65. The van der Waals surface area contributed by atoms with E-state index in [-0.39, 0.29) is 40.8 Å². The summed E-state index contributed by atoms with van der Waals surface area (Å²) in [4.78, 5) is 24.9. The van der Waals surface area contributed by atoms with Crippen molar-refractivity contribution in [2.75, 3.05) is 0 Å². The first-order valence-corrected chi connectivity index (χ1v) is 10.4. The third kappa shape index (κ3) is 2.67. The van der Waals surface area contributed by atoms with Gasteiger partial charge in [-0.2, -0.15) is 0 Å². The molecule has 1 aliphatic heterocycles. The molecular formula is C22H33NO3. The van der Waals surface area contributed by atoms with Crippen LogP contribution in [0.5, 0.6) is 0 Å². The highest BCUT2D eigenvalue weighted by Crippen LogP contribution is 2.59. The molecule has 6 atom stereocenters. The third-order valence-electron chi connectivity index (χ3n) is 7.95. The summed E-state index contributed by atoms with van der Waals surface area (Å²) in [5, 5.41) is 3.42. The molecule has 26 heavy (non-hydrogen) atoms. The number of ether oxygens (including phenoxy) is 1. The van der Waals surface area contributed by atoms with E-state index in [2.05, 4.69) is 33.0 Å². The molecule has 0 bridgehead atoms. The number of amides is 1. The molecule has 0 aromatic heterocycles. The Morgan fingerprint density at radius 2 is 1.92 bits per heavy atom. The number of ketones is 1. The maximum absolute atomic E-state index is 12.9. The molecule has 0 radical (unpaired) electrons. The van der Waals surface area contributed by atoms with Crippen molar-refractivity contribution in [1.82, 2.24) is 5.32 Å². The van der Waals surface area contributed by atoms with E-state index in [1.54, 1.807) is 0 Å². The topological polar surface area (TPSA) is 55.4 Å². The summed E-state index contributed by atoms with van der Waals surface area (Å²) in [5.74, 6) is 1.43. The smallest absolute Gasteiger partial charge is 0.220 e. The lowest BCUT2D eigenvalue weighted by atomic mass is 9.55. The molecule has 2 saturated carbocycles. The Bertz CT molecular complexity index is 654. The van der Waals surface area contributed by atoms with E-state index in [0.29, 0.717) is 24.7 Å². The molecule has 144 valence electrons. The van der Waals surface area contributed by atoms with Crippen LogP contribution in [-0.2, 0) is 14.3 Å². The minimum absolute atomic E-state index is 0.0608. The van der Waals surface area contributed by atoms with Gasteiger partial charge in [0.15, 0.2) is 5.78 Å². The Hall–Kier alpha value is -1.16. The summed E-state index contributed by atoms with van der Waals surface area (Å²) >= 11 is 0. The lowest BCUT2D eigenvalue weighted by Crippen LogP contribution is -2.55. The van der Waals surface area contributed by atoms with Gasteiger partial charge >= 0.3 is 0 Å². The molecule has 1 N–H and O–H groups in total. The minimum Gasteiger partial charge on any atom is -0.375 e. The van der Waals surface area contributed by atoms with E-state index in [1.165, 1.54) is 5.57 Å². The van der Waals surface area contributed by atoms with Crippen LogP contribution in [0.2, 0.25) is 0 Å². The summed E-state index contributed by atoms with van der Waals surface area (Å²) in [7, 11) is 0. The van der Waals surface area contributed by atoms with Crippen LogP contribution >= 0.6 is 0 Å². The van der Waals surface area contributed by atoms with Crippen molar-refractivity contribution in [1.29, 1.82) is 0 Å². The first-order chi connectivity index (χ1) is 12.2. The van der Waals surface area contributed by atoms with Crippen molar-refractivity contribution >= 4 is 11.7 Å². The Morgan fingerprint density at radius 1 is 1.15 bits per heavy atom. The molecule has 0 aromatic rings. The summed E-state index contributed by atoms with van der Waals surface area (Å²) in [5.41, 5.74) is 1.14. The van der Waals surface area contributed by atoms with Crippen LogP contribution in [0.15, 0.2) is 11.6 Å². The molecule has 0 spiro atoms. The molecule has 4 aliphatic rings. The molecule has 1 saturated heterocycles. The summed E-state index contributed by atoms with van der Waals surface area (Å²) < 4.78 is 6.28. The molecule has 0 unspecified atom stereocenters. The van der Waals surface area contributed by atoms with Gasteiger partial charge in [0.1, 0.15) is 0 Å². The zero-order valence-corrected chi connectivity index (χ0v) is 16.6. The van der Waals surface area contributed by atoms with E-state index in [1.807, 2.05) is 6.08 Å². The van der Waals surface area contributed by atoms with Crippen molar-refractivity contribution < 1.29 is 14.3 Å². The average Bonchev–Trinajstić information content (AvgIpc) is 2.79. The number of hydrogen-bond acceptors (Lipinski definition) is 3. The highest BCUT2D eigenvalue weighted by atomic mass is 16.5. The van der Waals surface area contributed by atoms with Crippen molar-refractivity contribution in [2.45, 2.75) is 90.9 Å². The van der Waals surface area contributed by atoms with Crippen LogP contribution < -0.4 is 5.32 Å². The molecule has 0 aromatic carbocycles. The van der Waals surface area contributed by atoms with Gasteiger partial charge < -0.3 is 10.1 Å². The zero-order chi connectivity index (χ0) is 18.7. The van der Waals surface area contributed by atoms with Crippen LogP contribution in [0.4, 0.5) is 0 Å². The number of carbonyl (C=O) groups excluding carboxylic acids is 2. The van der Waals surface area contributed by atoms with Crippen LogP contribution in [0.25, 0.3) is 0 Å². The number of carbonyl (C=O) groups is 2. The van der Waals surface area contributed by atoms with Gasteiger partial charge in [-0.1, -0.05) is 19.4 Å². The zero-order valence-electron chi connectivity index (χ0n) is 16.6. The van der Waals surface area contributed by atoms with Crippen molar-refractivity contribution in [3.8, 4) is 0 Å². The van der Waals surface area contributed by atoms with E-state index in [4.69, 9.17) is 4.74 Å². The summed E-state index contributed by atoms with van der Waals surface area (Å²) in [6, 6.07) is 0.160. The highest BCUT2D eigenvalue weighted by Gasteiger charge is 2.59. The quantitative estimate of drug-likeness (QED) is 0.816. The van der Waals surface area contributed by atoms with Gasteiger partial charge in [-0.25, -0.2) is 0 Å². The minimum atomic E-state index is -0.0736.